The zero-order chi connectivity index (χ0) is 17.8. The van der Waals surface area contributed by atoms with Gasteiger partial charge in [-0.1, -0.05) is 24.3 Å². The van der Waals surface area contributed by atoms with Gasteiger partial charge >= 0.3 is 0 Å². The first-order valence-corrected chi connectivity index (χ1v) is 8.22. The largest absolute Gasteiger partial charge is 0.484 e. The topological polar surface area (TPSA) is 70.7 Å². The number of hydrogen-bond donors (Lipinski definition) is 2. The molecular formula is C19H21N3O3. The summed E-state index contributed by atoms with van der Waals surface area (Å²) in [6.07, 6.45) is -0.250. The summed E-state index contributed by atoms with van der Waals surface area (Å²) in [6.45, 7) is 2.43. The summed E-state index contributed by atoms with van der Waals surface area (Å²) >= 11 is 0. The van der Waals surface area contributed by atoms with Crippen LogP contribution in [-0.2, 0) is 4.79 Å². The molecule has 0 spiro atoms. The first-order valence-electron chi connectivity index (χ1n) is 8.22. The van der Waals surface area contributed by atoms with E-state index in [-0.39, 0.29) is 24.6 Å². The lowest BCUT2D eigenvalue weighted by Crippen LogP contribution is -2.44. The van der Waals surface area contributed by atoms with Gasteiger partial charge < -0.3 is 20.3 Å². The van der Waals surface area contributed by atoms with E-state index < -0.39 is 0 Å². The molecule has 0 unspecified atom stereocenters. The van der Waals surface area contributed by atoms with Crippen molar-refractivity contribution in [2.45, 2.75) is 13.1 Å². The Balaban J connectivity index is 1.72. The molecule has 0 saturated heterocycles. The second-order valence-electron chi connectivity index (χ2n) is 5.82. The number of likely N-dealkylation sites (N-methyl/N-ethyl adjacent to an activating group) is 1. The van der Waals surface area contributed by atoms with Crippen molar-refractivity contribution < 1.29 is 14.3 Å². The van der Waals surface area contributed by atoms with E-state index in [2.05, 4.69) is 10.6 Å². The molecular weight excluding hydrogens is 318 g/mol. The van der Waals surface area contributed by atoms with Crippen LogP contribution in [0.3, 0.4) is 0 Å². The number of para-hydroxylation sites is 1. The highest BCUT2D eigenvalue weighted by Crippen LogP contribution is 2.31. The molecule has 0 fully saturated rings. The Bertz CT molecular complexity index is 774. The lowest BCUT2D eigenvalue weighted by Gasteiger charge is -2.36. The number of anilines is 1. The normalized spacial score (nSPS) is 16.0. The summed E-state index contributed by atoms with van der Waals surface area (Å²) in [5.41, 5.74) is 2.51. The lowest BCUT2D eigenvalue weighted by atomic mass is 10.0. The fourth-order valence-electron chi connectivity index (χ4n) is 2.86. The third-order valence-electron chi connectivity index (χ3n) is 4.12. The van der Waals surface area contributed by atoms with Crippen molar-refractivity contribution in [1.29, 1.82) is 0 Å². The van der Waals surface area contributed by atoms with E-state index in [9.17, 15) is 9.59 Å². The van der Waals surface area contributed by atoms with Crippen molar-refractivity contribution in [3.63, 3.8) is 0 Å². The summed E-state index contributed by atoms with van der Waals surface area (Å²) in [4.78, 5) is 25.8. The number of carbonyl (C=O) groups excluding carboxylic acids is 2. The van der Waals surface area contributed by atoms with Crippen molar-refractivity contribution in [3.8, 4) is 5.75 Å². The molecule has 1 aliphatic rings. The number of ether oxygens (including phenoxy) is 1. The fourth-order valence-corrected chi connectivity index (χ4v) is 2.86. The first kappa shape index (κ1) is 16.8. The summed E-state index contributed by atoms with van der Waals surface area (Å²) in [5.74, 6) is 0.373. The summed E-state index contributed by atoms with van der Waals surface area (Å²) in [7, 11) is 1.95. The van der Waals surface area contributed by atoms with Gasteiger partial charge in [0.1, 0.15) is 11.9 Å². The molecule has 1 aliphatic heterocycles. The number of fused-ring (bicyclic) bond motifs is 1. The maximum Gasteiger partial charge on any atom is 0.257 e. The molecule has 2 amide bonds. The van der Waals surface area contributed by atoms with E-state index in [1.165, 1.54) is 0 Å². The molecule has 130 valence electrons. The van der Waals surface area contributed by atoms with Crippen molar-refractivity contribution >= 4 is 17.5 Å². The van der Waals surface area contributed by atoms with Gasteiger partial charge in [0.25, 0.3) is 11.8 Å². The molecule has 0 bridgehead atoms. The van der Waals surface area contributed by atoms with Gasteiger partial charge in [-0.05, 0) is 36.8 Å². The van der Waals surface area contributed by atoms with Crippen molar-refractivity contribution in [2.75, 3.05) is 25.1 Å². The molecule has 3 rings (SSSR count). The monoisotopic (exact) mass is 339 g/mol. The minimum atomic E-state index is -0.250. The molecule has 1 atom stereocenters. The van der Waals surface area contributed by atoms with Crippen LogP contribution in [0.1, 0.15) is 29.0 Å². The summed E-state index contributed by atoms with van der Waals surface area (Å²) in [6, 6.07) is 14.9. The van der Waals surface area contributed by atoms with Gasteiger partial charge in [-0.3, -0.25) is 9.59 Å². The minimum absolute atomic E-state index is 0.0133. The van der Waals surface area contributed by atoms with E-state index in [4.69, 9.17) is 4.74 Å². The Morgan fingerprint density at radius 3 is 2.64 bits per heavy atom. The van der Waals surface area contributed by atoms with E-state index in [0.717, 1.165) is 11.3 Å². The van der Waals surface area contributed by atoms with Gasteiger partial charge in [-0.25, -0.2) is 0 Å². The highest BCUT2D eigenvalue weighted by Gasteiger charge is 2.28. The van der Waals surface area contributed by atoms with Crippen LogP contribution >= 0.6 is 0 Å². The Labute approximate surface area is 146 Å². The number of nitrogens with zero attached hydrogens (tertiary/aromatic N) is 1. The number of hydrogen-bond acceptors (Lipinski definition) is 4. The van der Waals surface area contributed by atoms with E-state index in [1.54, 1.807) is 12.1 Å². The van der Waals surface area contributed by atoms with Crippen LogP contribution in [0.5, 0.6) is 5.75 Å². The van der Waals surface area contributed by atoms with Crippen molar-refractivity contribution in [3.05, 3.63) is 59.7 Å². The average molecular weight is 339 g/mol. The Hall–Kier alpha value is -3.02. The summed E-state index contributed by atoms with van der Waals surface area (Å²) in [5, 5.41) is 5.69. The Morgan fingerprint density at radius 2 is 1.92 bits per heavy atom. The maximum absolute atomic E-state index is 12.3. The lowest BCUT2D eigenvalue weighted by molar-refractivity contribution is -0.122. The third-order valence-corrected chi connectivity index (χ3v) is 4.12. The molecule has 0 aromatic heterocycles. The van der Waals surface area contributed by atoms with Gasteiger partial charge in [0, 0.05) is 13.6 Å². The number of benzene rings is 2. The predicted octanol–water partition coefficient (Wildman–Crippen LogP) is 2.08. The molecule has 0 radical (unpaired) electrons. The molecule has 6 heteroatoms. The molecule has 0 saturated carbocycles. The first-order chi connectivity index (χ1) is 12.1. The van der Waals surface area contributed by atoms with Crippen molar-refractivity contribution in [1.82, 2.24) is 10.6 Å². The van der Waals surface area contributed by atoms with Crippen molar-refractivity contribution in [2.24, 2.45) is 0 Å². The van der Waals surface area contributed by atoms with E-state index in [1.807, 2.05) is 55.3 Å². The number of rotatable bonds is 5. The van der Waals surface area contributed by atoms with Crippen LogP contribution in [0.4, 0.5) is 5.69 Å². The quantitative estimate of drug-likeness (QED) is 0.875. The molecule has 0 aliphatic carbocycles. The molecule has 2 aromatic rings. The number of nitrogens with one attached hydrogen (secondary N) is 2. The van der Waals surface area contributed by atoms with Gasteiger partial charge in [0.05, 0.1) is 11.3 Å². The Kier molecular flexibility index (Phi) is 4.88. The standard InChI is InChI=1S/C19H21N3O3/c1-3-20-17(23)12-25-14-10-8-13(9-11-14)18-21-19(24)15-6-4-5-7-16(15)22(18)2/h4-11,18H,3,12H2,1-2H3,(H,20,23)(H,21,24)/t18-/m0/s1. The summed E-state index contributed by atoms with van der Waals surface area (Å²) < 4.78 is 5.45. The van der Waals surface area contributed by atoms with Crippen LogP contribution in [0.2, 0.25) is 0 Å². The van der Waals surface area contributed by atoms with E-state index in [0.29, 0.717) is 17.9 Å². The number of amides is 2. The maximum atomic E-state index is 12.3. The third kappa shape index (κ3) is 3.57. The van der Waals surface area contributed by atoms with E-state index >= 15 is 0 Å². The molecule has 1 heterocycles. The highest BCUT2D eigenvalue weighted by atomic mass is 16.5. The highest BCUT2D eigenvalue weighted by molar-refractivity contribution is 6.01. The molecule has 6 nitrogen and oxygen atoms in total. The molecule has 2 N–H and O–H groups in total. The van der Waals surface area contributed by atoms with Gasteiger partial charge in [-0.15, -0.1) is 0 Å². The fraction of sp³-hybridized carbons (Fsp3) is 0.263. The number of carbonyl (C=O) groups is 2. The van der Waals surface area contributed by atoms with Gasteiger partial charge in [-0.2, -0.15) is 0 Å². The Morgan fingerprint density at radius 1 is 1.20 bits per heavy atom. The second kappa shape index (κ2) is 7.25. The zero-order valence-electron chi connectivity index (χ0n) is 14.3. The molecule has 2 aromatic carbocycles. The molecule has 25 heavy (non-hydrogen) atoms. The predicted molar refractivity (Wildman–Crippen MR) is 95.7 cm³/mol. The minimum Gasteiger partial charge on any atom is -0.484 e. The van der Waals surface area contributed by atoms with Crippen LogP contribution in [0.15, 0.2) is 48.5 Å². The van der Waals surface area contributed by atoms with Crippen LogP contribution < -0.4 is 20.3 Å². The smallest absolute Gasteiger partial charge is 0.257 e. The van der Waals surface area contributed by atoms with Gasteiger partial charge in [0.2, 0.25) is 0 Å². The SMILES string of the molecule is CCNC(=O)COc1ccc([C@H]2NC(=O)c3ccccc3N2C)cc1. The van der Waals surface area contributed by atoms with Crippen LogP contribution in [-0.4, -0.2) is 32.0 Å². The van der Waals surface area contributed by atoms with Crippen LogP contribution in [0, 0.1) is 0 Å². The zero-order valence-corrected chi connectivity index (χ0v) is 14.3. The second-order valence-corrected chi connectivity index (χ2v) is 5.82. The van der Waals surface area contributed by atoms with Gasteiger partial charge in [0.15, 0.2) is 6.61 Å². The van der Waals surface area contributed by atoms with Crippen LogP contribution in [0.25, 0.3) is 0 Å². The average Bonchev–Trinajstić information content (AvgIpc) is 2.64.